The number of hydrogen-bond acceptors (Lipinski definition) is 2. The molecule has 0 unspecified atom stereocenters. The van der Waals surface area contributed by atoms with Gasteiger partial charge in [-0.05, 0) is 26.7 Å². The van der Waals surface area contributed by atoms with Crippen molar-refractivity contribution in [2.24, 2.45) is 11.7 Å². The summed E-state index contributed by atoms with van der Waals surface area (Å²) < 4.78 is 0. The van der Waals surface area contributed by atoms with E-state index in [4.69, 9.17) is 5.73 Å². The van der Waals surface area contributed by atoms with Crippen LogP contribution in [0.1, 0.15) is 46.0 Å². The molecule has 1 aliphatic rings. The first kappa shape index (κ1) is 12.0. The maximum atomic E-state index is 11.8. The van der Waals surface area contributed by atoms with Gasteiger partial charge in [0.25, 0.3) is 0 Å². The second-order valence-electron chi connectivity index (χ2n) is 4.81. The second kappa shape index (κ2) is 4.64. The molecule has 86 valence electrons. The monoisotopic (exact) mass is 212 g/mol. The molecule has 4 nitrogen and oxygen atoms in total. The summed E-state index contributed by atoms with van der Waals surface area (Å²) in [5, 5.41) is 2.71. The molecule has 15 heavy (non-hydrogen) atoms. The highest BCUT2D eigenvalue weighted by Gasteiger charge is 2.30. The smallest absolute Gasteiger partial charge is 0.242 e. The molecule has 0 atom stereocenters. The van der Waals surface area contributed by atoms with E-state index < -0.39 is 11.4 Å². The molecule has 0 bridgehead atoms. The number of primary amides is 1. The van der Waals surface area contributed by atoms with Crippen LogP contribution < -0.4 is 11.1 Å². The first-order valence-electron chi connectivity index (χ1n) is 5.55. The highest BCUT2D eigenvalue weighted by molar-refractivity contribution is 5.90. The first-order valence-corrected chi connectivity index (χ1v) is 5.55. The SMILES string of the molecule is CC(C)(NC(=O)C1CCCCC1)C(N)=O. The molecular weight excluding hydrogens is 192 g/mol. The summed E-state index contributed by atoms with van der Waals surface area (Å²) in [4.78, 5) is 22.8. The van der Waals surface area contributed by atoms with Gasteiger partial charge in [0.05, 0.1) is 0 Å². The summed E-state index contributed by atoms with van der Waals surface area (Å²) >= 11 is 0. The fraction of sp³-hybridized carbons (Fsp3) is 0.818. The Morgan fingerprint density at radius 3 is 2.20 bits per heavy atom. The van der Waals surface area contributed by atoms with E-state index in [2.05, 4.69) is 5.32 Å². The normalized spacial score (nSPS) is 18.5. The number of amides is 2. The van der Waals surface area contributed by atoms with Gasteiger partial charge in [0.15, 0.2) is 0 Å². The molecule has 0 radical (unpaired) electrons. The zero-order valence-electron chi connectivity index (χ0n) is 9.51. The number of rotatable bonds is 3. The third-order valence-corrected chi connectivity index (χ3v) is 3.03. The van der Waals surface area contributed by atoms with Crippen molar-refractivity contribution in [1.29, 1.82) is 0 Å². The third kappa shape index (κ3) is 3.22. The molecule has 0 aliphatic heterocycles. The minimum absolute atomic E-state index is 0.0292. The Morgan fingerprint density at radius 2 is 1.73 bits per heavy atom. The van der Waals surface area contributed by atoms with Crippen LogP contribution in [0, 0.1) is 5.92 Å². The van der Waals surface area contributed by atoms with Gasteiger partial charge in [0.1, 0.15) is 5.54 Å². The molecule has 2 amide bonds. The standard InChI is InChI=1S/C11H20N2O2/c1-11(2,10(12)15)13-9(14)8-6-4-3-5-7-8/h8H,3-7H2,1-2H3,(H2,12,15)(H,13,14). The van der Waals surface area contributed by atoms with Crippen LogP contribution in [0.4, 0.5) is 0 Å². The van der Waals surface area contributed by atoms with Gasteiger partial charge in [0, 0.05) is 5.92 Å². The maximum Gasteiger partial charge on any atom is 0.242 e. The summed E-state index contributed by atoms with van der Waals surface area (Å²) in [5.41, 5.74) is 4.26. The van der Waals surface area contributed by atoms with Crippen molar-refractivity contribution in [3.05, 3.63) is 0 Å². The predicted molar refractivity (Wildman–Crippen MR) is 58.0 cm³/mol. The topological polar surface area (TPSA) is 72.2 Å². The number of carbonyl (C=O) groups excluding carboxylic acids is 2. The zero-order chi connectivity index (χ0) is 11.5. The predicted octanol–water partition coefficient (Wildman–Crippen LogP) is 0.947. The summed E-state index contributed by atoms with van der Waals surface area (Å²) in [6, 6.07) is 0. The lowest BCUT2D eigenvalue weighted by atomic mass is 9.88. The van der Waals surface area contributed by atoms with E-state index in [1.807, 2.05) is 0 Å². The molecule has 1 fully saturated rings. The van der Waals surface area contributed by atoms with Crippen molar-refractivity contribution in [2.75, 3.05) is 0 Å². The third-order valence-electron chi connectivity index (χ3n) is 3.03. The minimum atomic E-state index is -0.936. The molecule has 0 heterocycles. The Bertz CT molecular complexity index is 255. The van der Waals surface area contributed by atoms with Crippen LogP contribution >= 0.6 is 0 Å². The van der Waals surface area contributed by atoms with E-state index in [-0.39, 0.29) is 11.8 Å². The highest BCUT2D eigenvalue weighted by Crippen LogP contribution is 2.24. The lowest BCUT2D eigenvalue weighted by molar-refractivity contribution is -0.133. The van der Waals surface area contributed by atoms with Crippen LogP contribution in [0.25, 0.3) is 0 Å². The van der Waals surface area contributed by atoms with Gasteiger partial charge in [-0.2, -0.15) is 0 Å². The second-order valence-corrected chi connectivity index (χ2v) is 4.81. The molecule has 4 heteroatoms. The molecule has 0 aromatic heterocycles. The van der Waals surface area contributed by atoms with Crippen LogP contribution in [0.3, 0.4) is 0 Å². The minimum Gasteiger partial charge on any atom is -0.368 e. The fourth-order valence-electron chi connectivity index (χ4n) is 1.84. The summed E-state index contributed by atoms with van der Waals surface area (Å²) in [6.07, 6.45) is 5.29. The number of hydrogen-bond donors (Lipinski definition) is 2. The van der Waals surface area contributed by atoms with Gasteiger partial charge in [0.2, 0.25) is 11.8 Å². The van der Waals surface area contributed by atoms with E-state index in [0.717, 1.165) is 25.7 Å². The van der Waals surface area contributed by atoms with Crippen molar-refractivity contribution in [1.82, 2.24) is 5.32 Å². The first-order chi connectivity index (χ1) is 6.93. The molecule has 0 aromatic rings. The molecule has 3 N–H and O–H groups in total. The number of nitrogens with one attached hydrogen (secondary N) is 1. The van der Waals surface area contributed by atoms with Crippen LogP contribution in [-0.2, 0) is 9.59 Å². The highest BCUT2D eigenvalue weighted by atomic mass is 16.2. The van der Waals surface area contributed by atoms with Gasteiger partial charge in [-0.1, -0.05) is 19.3 Å². The van der Waals surface area contributed by atoms with Gasteiger partial charge in [-0.15, -0.1) is 0 Å². The fourth-order valence-corrected chi connectivity index (χ4v) is 1.84. The molecule has 0 spiro atoms. The van der Waals surface area contributed by atoms with Crippen LogP contribution in [0.15, 0.2) is 0 Å². The molecule has 0 saturated heterocycles. The van der Waals surface area contributed by atoms with Crippen molar-refractivity contribution >= 4 is 11.8 Å². The van der Waals surface area contributed by atoms with Crippen LogP contribution in [-0.4, -0.2) is 17.4 Å². The maximum absolute atomic E-state index is 11.8. The number of carbonyl (C=O) groups is 2. The van der Waals surface area contributed by atoms with Crippen molar-refractivity contribution < 1.29 is 9.59 Å². The van der Waals surface area contributed by atoms with Crippen LogP contribution in [0.2, 0.25) is 0 Å². The van der Waals surface area contributed by atoms with Gasteiger partial charge in [-0.3, -0.25) is 9.59 Å². The summed E-state index contributed by atoms with van der Waals surface area (Å²) in [5.74, 6) is -0.456. The largest absolute Gasteiger partial charge is 0.368 e. The molecule has 0 aromatic carbocycles. The zero-order valence-corrected chi connectivity index (χ0v) is 9.51. The van der Waals surface area contributed by atoms with E-state index >= 15 is 0 Å². The van der Waals surface area contributed by atoms with E-state index in [1.165, 1.54) is 6.42 Å². The Hall–Kier alpha value is -1.06. The van der Waals surface area contributed by atoms with Crippen LogP contribution in [0.5, 0.6) is 0 Å². The average Bonchev–Trinajstić information content (AvgIpc) is 2.18. The Kier molecular flexibility index (Phi) is 3.72. The molecule has 1 saturated carbocycles. The molecular formula is C11H20N2O2. The van der Waals surface area contributed by atoms with Crippen molar-refractivity contribution in [3.63, 3.8) is 0 Å². The lowest BCUT2D eigenvalue weighted by Crippen LogP contribution is -2.54. The van der Waals surface area contributed by atoms with Crippen molar-refractivity contribution in [3.8, 4) is 0 Å². The summed E-state index contributed by atoms with van der Waals surface area (Å²) in [6.45, 7) is 3.27. The average molecular weight is 212 g/mol. The van der Waals surface area contributed by atoms with E-state index in [9.17, 15) is 9.59 Å². The van der Waals surface area contributed by atoms with E-state index in [1.54, 1.807) is 13.8 Å². The number of nitrogens with two attached hydrogens (primary N) is 1. The van der Waals surface area contributed by atoms with Gasteiger partial charge in [-0.25, -0.2) is 0 Å². The molecule has 1 aliphatic carbocycles. The van der Waals surface area contributed by atoms with Gasteiger partial charge < -0.3 is 11.1 Å². The quantitative estimate of drug-likeness (QED) is 0.731. The van der Waals surface area contributed by atoms with Crippen molar-refractivity contribution in [2.45, 2.75) is 51.5 Å². The Morgan fingerprint density at radius 1 is 1.20 bits per heavy atom. The van der Waals surface area contributed by atoms with E-state index in [0.29, 0.717) is 0 Å². The Balaban J connectivity index is 2.50. The Labute approximate surface area is 90.6 Å². The molecule has 1 rings (SSSR count). The summed E-state index contributed by atoms with van der Waals surface area (Å²) in [7, 11) is 0. The van der Waals surface area contributed by atoms with Gasteiger partial charge >= 0.3 is 0 Å². The lowest BCUT2D eigenvalue weighted by Gasteiger charge is -2.27.